The molecule has 0 aliphatic carbocycles. The predicted octanol–water partition coefficient (Wildman–Crippen LogP) is 4.38. The smallest absolute Gasteiger partial charge is 0.280 e. The highest BCUT2D eigenvalue weighted by Crippen LogP contribution is 2.26. The van der Waals surface area contributed by atoms with Gasteiger partial charge in [-0.1, -0.05) is 36.4 Å². The van der Waals surface area contributed by atoms with Gasteiger partial charge in [0.1, 0.15) is 11.5 Å². The lowest BCUT2D eigenvalue weighted by Gasteiger charge is -2.14. The number of nitrogens with one attached hydrogen (secondary N) is 1. The second-order valence-corrected chi connectivity index (χ2v) is 6.64. The molecular weight excluding hydrogens is 352 g/mol. The molecule has 0 aromatic heterocycles. The van der Waals surface area contributed by atoms with E-state index in [1.807, 2.05) is 68.4 Å². The van der Waals surface area contributed by atoms with E-state index in [1.54, 1.807) is 20.2 Å². The molecule has 3 aromatic rings. The van der Waals surface area contributed by atoms with Crippen molar-refractivity contribution in [2.75, 3.05) is 7.11 Å². The van der Waals surface area contributed by atoms with Crippen molar-refractivity contribution in [1.29, 1.82) is 0 Å². The number of methoxy groups -OCH3 is 1. The molecule has 0 saturated carbocycles. The van der Waals surface area contributed by atoms with E-state index in [-0.39, 0.29) is 5.91 Å². The monoisotopic (exact) mass is 376 g/mol. The van der Waals surface area contributed by atoms with E-state index in [1.165, 1.54) is 5.56 Å². The maximum absolute atomic E-state index is 12.3. The number of carbonyl (C=O) groups excluding carboxylic acids is 1. The summed E-state index contributed by atoms with van der Waals surface area (Å²) in [5.74, 6) is 1.02. The van der Waals surface area contributed by atoms with E-state index in [9.17, 15) is 4.79 Å². The lowest BCUT2D eigenvalue weighted by molar-refractivity contribution is -0.127. The van der Waals surface area contributed by atoms with Crippen molar-refractivity contribution in [2.45, 2.75) is 26.9 Å². The number of rotatable bonds is 6. The molecule has 0 spiro atoms. The highest BCUT2D eigenvalue weighted by Gasteiger charge is 2.14. The molecule has 0 bridgehead atoms. The van der Waals surface area contributed by atoms with E-state index < -0.39 is 6.10 Å². The SMILES string of the molecule is COc1ccc2ccccc2c1/C=N/NC(=O)C(C)Oc1ccc(C)c(C)c1. The molecule has 144 valence electrons. The van der Waals surface area contributed by atoms with E-state index in [0.717, 1.165) is 21.9 Å². The van der Waals surface area contributed by atoms with Gasteiger partial charge in [-0.2, -0.15) is 5.10 Å². The summed E-state index contributed by atoms with van der Waals surface area (Å²) in [6.07, 6.45) is 0.926. The molecule has 1 amide bonds. The maximum atomic E-state index is 12.3. The molecule has 0 heterocycles. The number of amides is 1. The summed E-state index contributed by atoms with van der Waals surface area (Å²) < 4.78 is 11.1. The number of aryl methyl sites for hydroxylation is 2. The quantitative estimate of drug-likeness (QED) is 0.513. The van der Waals surface area contributed by atoms with Crippen LogP contribution in [0.3, 0.4) is 0 Å². The second-order valence-electron chi connectivity index (χ2n) is 6.64. The molecule has 0 aliphatic rings. The first-order valence-electron chi connectivity index (χ1n) is 9.12. The van der Waals surface area contributed by atoms with Crippen molar-refractivity contribution in [3.63, 3.8) is 0 Å². The average molecular weight is 376 g/mol. The molecule has 1 unspecified atom stereocenters. The molecule has 0 radical (unpaired) electrons. The largest absolute Gasteiger partial charge is 0.496 e. The van der Waals surface area contributed by atoms with Crippen molar-refractivity contribution in [2.24, 2.45) is 5.10 Å². The standard InChI is InChI=1S/C23H24N2O3/c1-15-9-11-19(13-16(15)2)28-17(3)23(26)25-24-14-21-20-8-6-5-7-18(20)10-12-22(21)27-4/h5-14,17H,1-4H3,(H,25,26)/b24-14+. The van der Waals surface area contributed by atoms with Gasteiger partial charge in [0.2, 0.25) is 0 Å². The van der Waals surface area contributed by atoms with Gasteiger partial charge in [-0.25, -0.2) is 5.43 Å². The second kappa shape index (κ2) is 8.57. The van der Waals surface area contributed by atoms with Crippen LogP contribution in [0.1, 0.15) is 23.6 Å². The molecule has 1 atom stereocenters. The number of hydrazone groups is 1. The summed E-state index contributed by atoms with van der Waals surface area (Å²) in [4.78, 5) is 12.3. The first-order valence-corrected chi connectivity index (χ1v) is 9.12. The Hall–Kier alpha value is -3.34. The minimum Gasteiger partial charge on any atom is -0.496 e. The van der Waals surface area contributed by atoms with Gasteiger partial charge in [0.25, 0.3) is 5.91 Å². The number of nitrogens with zero attached hydrogens (tertiary/aromatic N) is 1. The average Bonchev–Trinajstić information content (AvgIpc) is 2.70. The summed E-state index contributed by atoms with van der Waals surface area (Å²) in [5.41, 5.74) is 5.65. The number of benzene rings is 3. The van der Waals surface area contributed by atoms with Gasteiger partial charge in [0.05, 0.1) is 13.3 Å². The summed E-state index contributed by atoms with van der Waals surface area (Å²) in [6.45, 7) is 5.73. The van der Waals surface area contributed by atoms with Crippen LogP contribution in [0.15, 0.2) is 59.7 Å². The van der Waals surface area contributed by atoms with Crippen LogP contribution in [0, 0.1) is 13.8 Å². The van der Waals surface area contributed by atoms with Crippen LogP contribution in [0.25, 0.3) is 10.8 Å². The Morgan fingerprint density at radius 1 is 1.07 bits per heavy atom. The number of hydrogen-bond acceptors (Lipinski definition) is 4. The molecule has 5 heteroatoms. The van der Waals surface area contributed by atoms with Crippen molar-refractivity contribution in [3.05, 3.63) is 71.3 Å². The zero-order valence-electron chi connectivity index (χ0n) is 16.5. The van der Waals surface area contributed by atoms with Crippen molar-refractivity contribution in [3.8, 4) is 11.5 Å². The van der Waals surface area contributed by atoms with Gasteiger partial charge in [-0.05, 0) is 60.9 Å². The van der Waals surface area contributed by atoms with Gasteiger partial charge < -0.3 is 9.47 Å². The highest BCUT2D eigenvalue weighted by atomic mass is 16.5. The Morgan fingerprint density at radius 2 is 1.86 bits per heavy atom. The topological polar surface area (TPSA) is 59.9 Å². The highest BCUT2D eigenvalue weighted by molar-refractivity contribution is 6.02. The Balaban J connectivity index is 1.71. The third kappa shape index (κ3) is 4.31. The Bertz CT molecular complexity index is 1030. The Morgan fingerprint density at radius 3 is 2.61 bits per heavy atom. The normalized spacial score (nSPS) is 12.1. The number of fused-ring (bicyclic) bond motifs is 1. The van der Waals surface area contributed by atoms with Crippen LogP contribution < -0.4 is 14.9 Å². The Kier molecular flexibility index (Phi) is 5.94. The third-order valence-electron chi connectivity index (χ3n) is 4.68. The zero-order chi connectivity index (χ0) is 20.1. The van der Waals surface area contributed by atoms with Gasteiger partial charge in [-0.15, -0.1) is 0 Å². The van der Waals surface area contributed by atoms with Crippen LogP contribution in [0.2, 0.25) is 0 Å². The lowest BCUT2D eigenvalue weighted by Crippen LogP contribution is -2.33. The maximum Gasteiger partial charge on any atom is 0.280 e. The minimum absolute atomic E-state index is 0.325. The van der Waals surface area contributed by atoms with Gasteiger partial charge in [0, 0.05) is 5.56 Å². The van der Waals surface area contributed by atoms with Crippen LogP contribution in [-0.4, -0.2) is 25.3 Å². The van der Waals surface area contributed by atoms with Crippen LogP contribution in [0.4, 0.5) is 0 Å². The summed E-state index contributed by atoms with van der Waals surface area (Å²) in [5, 5.41) is 6.18. The van der Waals surface area contributed by atoms with Crippen LogP contribution in [0.5, 0.6) is 11.5 Å². The van der Waals surface area contributed by atoms with Gasteiger partial charge in [-0.3, -0.25) is 4.79 Å². The molecule has 0 aliphatic heterocycles. The number of ether oxygens (including phenoxy) is 2. The molecule has 1 N–H and O–H groups in total. The van der Waals surface area contributed by atoms with Crippen LogP contribution in [-0.2, 0) is 4.79 Å². The zero-order valence-corrected chi connectivity index (χ0v) is 16.5. The summed E-state index contributed by atoms with van der Waals surface area (Å²) >= 11 is 0. The first-order chi connectivity index (χ1) is 13.5. The summed E-state index contributed by atoms with van der Waals surface area (Å²) in [7, 11) is 1.61. The summed E-state index contributed by atoms with van der Waals surface area (Å²) in [6, 6.07) is 17.6. The molecule has 0 saturated heterocycles. The minimum atomic E-state index is -0.673. The van der Waals surface area contributed by atoms with Crippen molar-refractivity contribution in [1.82, 2.24) is 5.43 Å². The van der Waals surface area contributed by atoms with Crippen molar-refractivity contribution < 1.29 is 14.3 Å². The lowest BCUT2D eigenvalue weighted by atomic mass is 10.0. The van der Waals surface area contributed by atoms with Crippen LogP contribution >= 0.6 is 0 Å². The molecular formula is C23H24N2O3. The predicted molar refractivity (Wildman–Crippen MR) is 112 cm³/mol. The van der Waals surface area contributed by atoms with E-state index >= 15 is 0 Å². The fraction of sp³-hybridized carbons (Fsp3) is 0.217. The first kappa shape index (κ1) is 19.4. The molecule has 28 heavy (non-hydrogen) atoms. The van der Waals surface area contributed by atoms with E-state index in [2.05, 4.69) is 10.5 Å². The van der Waals surface area contributed by atoms with E-state index in [0.29, 0.717) is 11.5 Å². The van der Waals surface area contributed by atoms with Gasteiger partial charge in [0.15, 0.2) is 6.10 Å². The number of carbonyl (C=O) groups is 1. The molecule has 3 rings (SSSR count). The molecule has 0 fully saturated rings. The number of hydrogen-bond donors (Lipinski definition) is 1. The van der Waals surface area contributed by atoms with Gasteiger partial charge >= 0.3 is 0 Å². The molecule has 5 nitrogen and oxygen atoms in total. The Labute approximate surface area is 165 Å². The fourth-order valence-corrected chi connectivity index (χ4v) is 2.88. The fourth-order valence-electron chi connectivity index (χ4n) is 2.88. The van der Waals surface area contributed by atoms with E-state index in [4.69, 9.17) is 9.47 Å². The third-order valence-corrected chi connectivity index (χ3v) is 4.68. The molecule has 3 aromatic carbocycles. The van der Waals surface area contributed by atoms with Crippen molar-refractivity contribution >= 4 is 22.9 Å².